The molecular formula is C14H27N3O3. The third kappa shape index (κ3) is 6.75. The molecule has 0 aliphatic carbocycles. The Kier molecular flexibility index (Phi) is 7.36. The van der Waals surface area contributed by atoms with Crippen molar-refractivity contribution in [3.8, 4) is 0 Å². The molecule has 1 unspecified atom stereocenters. The smallest absolute Gasteiger partial charge is 0.315 e. The summed E-state index contributed by atoms with van der Waals surface area (Å²) >= 11 is 0. The van der Waals surface area contributed by atoms with Gasteiger partial charge in [0.1, 0.15) is 0 Å². The minimum Gasteiger partial charge on any atom is -0.481 e. The Bertz CT molecular complexity index is 315. The number of amides is 2. The molecule has 0 radical (unpaired) electrons. The summed E-state index contributed by atoms with van der Waals surface area (Å²) in [5, 5.41) is 14.2. The van der Waals surface area contributed by atoms with Gasteiger partial charge in [0.15, 0.2) is 0 Å². The van der Waals surface area contributed by atoms with Crippen molar-refractivity contribution in [3.05, 3.63) is 0 Å². The maximum atomic E-state index is 11.7. The first-order valence-corrected chi connectivity index (χ1v) is 7.46. The van der Waals surface area contributed by atoms with Crippen LogP contribution in [0.2, 0.25) is 0 Å². The molecular weight excluding hydrogens is 258 g/mol. The summed E-state index contributed by atoms with van der Waals surface area (Å²) in [5.41, 5.74) is 0. The van der Waals surface area contributed by atoms with Crippen molar-refractivity contribution < 1.29 is 14.7 Å². The van der Waals surface area contributed by atoms with Crippen molar-refractivity contribution >= 4 is 12.0 Å². The zero-order valence-electron chi connectivity index (χ0n) is 12.5. The van der Waals surface area contributed by atoms with Crippen LogP contribution in [0.1, 0.15) is 39.0 Å². The van der Waals surface area contributed by atoms with Crippen LogP contribution in [0.5, 0.6) is 0 Å². The van der Waals surface area contributed by atoms with Gasteiger partial charge in [0.2, 0.25) is 0 Å². The van der Waals surface area contributed by atoms with E-state index < -0.39 is 5.97 Å². The highest BCUT2D eigenvalue weighted by molar-refractivity contribution is 5.75. The number of likely N-dealkylation sites (tertiary alicyclic amines) is 1. The fourth-order valence-corrected chi connectivity index (χ4v) is 2.49. The third-order valence-corrected chi connectivity index (χ3v) is 3.93. The van der Waals surface area contributed by atoms with Crippen LogP contribution in [0.25, 0.3) is 0 Å². The second-order valence-electron chi connectivity index (χ2n) is 5.64. The first kappa shape index (κ1) is 16.8. The number of aliphatic carboxylic acids is 1. The lowest BCUT2D eigenvalue weighted by Gasteiger charge is -2.28. The number of urea groups is 1. The fraction of sp³-hybridized carbons (Fsp3) is 0.857. The highest BCUT2D eigenvalue weighted by Crippen LogP contribution is 2.18. The molecule has 0 saturated carbocycles. The molecule has 1 rings (SSSR count). The van der Waals surface area contributed by atoms with Crippen molar-refractivity contribution in [2.45, 2.75) is 45.1 Å². The Morgan fingerprint density at radius 3 is 2.55 bits per heavy atom. The Balaban J connectivity index is 2.14. The molecule has 6 nitrogen and oxygen atoms in total. The zero-order chi connectivity index (χ0) is 15.0. The van der Waals surface area contributed by atoms with Gasteiger partial charge in [0.05, 0.1) is 6.42 Å². The number of nitrogens with one attached hydrogen (secondary N) is 2. The standard InChI is InChI=1S/C14H27N3O3/c1-3-12(10-13(18)19)16-14(20)15-7-4-11-5-8-17(2)9-6-11/h11-12H,3-10H2,1-2H3,(H,18,19)(H2,15,16,20). The van der Waals surface area contributed by atoms with Gasteiger partial charge in [0.25, 0.3) is 0 Å². The van der Waals surface area contributed by atoms with E-state index in [-0.39, 0.29) is 18.5 Å². The van der Waals surface area contributed by atoms with E-state index >= 15 is 0 Å². The Labute approximate surface area is 120 Å². The van der Waals surface area contributed by atoms with Crippen LogP contribution >= 0.6 is 0 Å². The van der Waals surface area contributed by atoms with Crippen LogP contribution in [0, 0.1) is 5.92 Å². The average Bonchev–Trinajstić information content (AvgIpc) is 2.39. The summed E-state index contributed by atoms with van der Waals surface area (Å²) in [6, 6.07) is -0.554. The molecule has 2 amide bonds. The van der Waals surface area contributed by atoms with E-state index in [0.29, 0.717) is 18.9 Å². The van der Waals surface area contributed by atoms with Crippen LogP contribution in [-0.2, 0) is 4.79 Å². The Hall–Kier alpha value is -1.30. The monoisotopic (exact) mass is 285 g/mol. The molecule has 0 bridgehead atoms. The van der Waals surface area contributed by atoms with E-state index in [1.54, 1.807) is 0 Å². The van der Waals surface area contributed by atoms with Gasteiger partial charge in [-0.1, -0.05) is 6.92 Å². The van der Waals surface area contributed by atoms with Crippen LogP contribution in [0.15, 0.2) is 0 Å². The molecule has 0 aromatic carbocycles. The first-order valence-electron chi connectivity index (χ1n) is 7.46. The first-order chi connectivity index (χ1) is 9.51. The van der Waals surface area contributed by atoms with Crippen molar-refractivity contribution in [1.29, 1.82) is 0 Å². The molecule has 0 spiro atoms. The second-order valence-corrected chi connectivity index (χ2v) is 5.64. The third-order valence-electron chi connectivity index (χ3n) is 3.93. The quantitative estimate of drug-likeness (QED) is 0.658. The van der Waals surface area contributed by atoms with Gasteiger partial charge in [-0.25, -0.2) is 4.79 Å². The maximum Gasteiger partial charge on any atom is 0.315 e. The normalized spacial score (nSPS) is 18.5. The number of piperidine rings is 1. The predicted octanol–water partition coefficient (Wildman–Crippen LogP) is 1.27. The number of carboxylic acid groups (broad SMARTS) is 1. The van der Waals surface area contributed by atoms with Gasteiger partial charge >= 0.3 is 12.0 Å². The lowest BCUT2D eigenvalue weighted by atomic mass is 9.94. The number of carbonyl (C=O) groups excluding carboxylic acids is 1. The summed E-state index contributed by atoms with van der Waals surface area (Å²) in [4.78, 5) is 24.6. The summed E-state index contributed by atoms with van der Waals surface area (Å²) in [5.74, 6) is -0.198. The molecule has 3 N–H and O–H groups in total. The van der Waals surface area contributed by atoms with E-state index in [0.717, 1.165) is 19.5 Å². The average molecular weight is 285 g/mol. The summed E-state index contributed by atoms with van der Waals surface area (Å²) in [6.45, 7) is 4.79. The van der Waals surface area contributed by atoms with Crippen LogP contribution < -0.4 is 10.6 Å². The molecule has 6 heteroatoms. The van der Waals surface area contributed by atoms with Gasteiger partial charge in [-0.2, -0.15) is 0 Å². The molecule has 1 fully saturated rings. The molecule has 1 saturated heterocycles. The highest BCUT2D eigenvalue weighted by atomic mass is 16.4. The van der Waals surface area contributed by atoms with E-state index in [9.17, 15) is 9.59 Å². The van der Waals surface area contributed by atoms with Crippen LogP contribution in [-0.4, -0.2) is 54.7 Å². The molecule has 1 heterocycles. The predicted molar refractivity (Wildman–Crippen MR) is 77.7 cm³/mol. The molecule has 20 heavy (non-hydrogen) atoms. The second kappa shape index (κ2) is 8.79. The van der Waals surface area contributed by atoms with Gasteiger partial charge in [-0.05, 0) is 51.7 Å². The lowest BCUT2D eigenvalue weighted by molar-refractivity contribution is -0.137. The van der Waals surface area contributed by atoms with Crippen LogP contribution in [0.3, 0.4) is 0 Å². The number of carbonyl (C=O) groups is 2. The zero-order valence-corrected chi connectivity index (χ0v) is 12.5. The SMILES string of the molecule is CCC(CC(=O)O)NC(=O)NCCC1CCN(C)CC1. The lowest BCUT2D eigenvalue weighted by Crippen LogP contribution is -2.43. The van der Waals surface area contributed by atoms with E-state index in [1.807, 2.05) is 6.92 Å². The topological polar surface area (TPSA) is 81.7 Å². The largest absolute Gasteiger partial charge is 0.481 e. The minimum absolute atomic E-state index is 0.0289. The van der Waals surface area contributed by atoms with Crippen molar-refractivity contribution in [2.75, 3.05) is 26.7 Å². The molecule has 0 aromatic heterocycles. The number of nitrogens with zero attached hydrogens (tertiary/aromatic N) is 1. The van der Waals surface area contributed by atoms with Crippen molar-refractivity contribution in [3.63, 3.8) is 0 Å². The van der Waals surface area contributed by atoms with Gasteiger partial charge < -0.3 is 20.6 Å². The Morgan fingerprint density at radius 1 is 1.35 bits per heavy atom. The van der Waals surface area contributed by atoms with Gasteiger partial charge in [-0.15, -0.1) is 0 Å². The number of rotatable bonds is 7. The number of hydrogen-bond donors (Lipinski definition) is 3. The molecule has 1 aliphatic heterocycles. The Morgan fingerprint density at radius 2 is 2.00 bits per heavy atom. The molecule has 116 valence electrons. The van der Waals surface area contributed by atoms with E-state index in [1.165, 1.54) is 12.8 Å². The summed E-state index contributed by atoms with van der Waals surface area (Å²) < 4.78 is 0. The molecule has 0 aromatic rings. The summed E-state index contributed by atoms with van der Waals surface area (Å²) in [7, 11) is 2.13. The van der Waals surface area contributed by atoms with Crippen LogP contribution in [0.4, 0.5) is 4.79 Å². The highest BCUT2D eigenvalue weighted by Gasteiger charge is 2.17. The molecule has 1 aliphatic rings. The van der Waals surface area contributed by atoms with Gasteiger partial charge in [-0.3, -0.25) is 4.79 Å². The fourth-order valence-electron chi connectivity index (χ4n) is 2.49. The van der Waals surface area contributed by atoms with E-state index in [4.69, 9.17) is 5.11 Å². The van der Waals surface area contributed by atoms with Crippen molar-refractivity contribution in [1.82, 2.24) is 15.5 Å². The van der Waals surface area contributed by atoms with Gasteiger partial charge in [0, 0.05) is 12.6 Å². The van der Waals surface area contributed by atoms with Crippen molar-refractivity contribution in [2.24, 2.45) is 5.92 Å². The maximum absolute atomic E-state index is 11.7. The number of carboxylic acids is 1. The summed E-state index contributed by atoms with van der Waals surface area (Å²) in [6.07, 6.45) is 3.97. The molecule has 1 atom stereocenters. The minimum atomic E-state index is -0.886. The number of hydrogen-bond acceptors (Lipinski definition) is 3. The van der Waals surface area contributed by atoms with E-state index in [2.05, 4.69) is 22.6 Å².